The molecule has 3 rings (SSSR count). The van der Waals surface area contributed by atoms with E-state index < -0.39 is 11.9 Å². The van der Waals surface area contributed by atoms with Gasteiger partial charge in [0.25, 0.3) is 5.91 Å². The molecule has 0 spiro atoms. The molecule has 2 atom stereocenters. The Hall–Kier alpha value is -2.42. The summed E-state index contributed by atoms with van der Waals surface area (Å²) in [6, 6.07) is 11.2. The first-order chi connectivity index (χ1) is 13.0. The summed E-state index contributed by atoms with van der Waals surface area (Å²) in [5.41, 5.74) is 7.99. The molecule has 4 N–H and O–H groups in total. The molecule has 142 valence electrons. The predicted octanol–water partition coefficient (Wildman–Crippen LogP) is 2.57. The van der Waals surface area contributed by atoms with Gasteiger partial charge in [-0.15, -0.1) is 0 Å². The quantitative estimate of drug-likeness (QED) is 0.507. The molecular formula is C19H21BrN4O3. The predicted molar refractivity (Wildman–Crippen MR) is 107 cm³/mol. The van der Waals surface area contributed by atoms with Gasteiger partial charge in [-0.3, -0.25) is 4.79 Å². The second-order valence-corrected chi connectivity index (χ2v) is 7.14. The molecule has 1 amide bonds. The SMILES string of the molecule is C[C@@H](OCc1ccccc1)[C@@H](CO)Nc1c(C(N)=O)cnn2cc(Br)cc12. The number of aliphatic hydroxyl groups excluding tert-OH is 1. The van der Waals surface area contributed by atoms with Crippen LogP contribution in [0.2, 0.25) is 0 Å². The van der Waals surface area contributed by atoms with Crippen molar-refractivity contribution in [1.29, 1.82) is 0 Å². The standard InChI is InChI=1S/C19H21BrN4O3/c1-12(27-11-13-5-3-2-4-6-13)16(10-25)23-18-15(19(21)26)8-22-24-9-14(20)7-17(18)24/h2-9,12,16,23,25H,10-11H2,1H3,(H2,21,26)/t12-,16-/m1/s1. The van der Waals surface area contributed by atoms with Crippen molar-refractivity contribution >= 4 is 33.0 Å². The molecule has 2 heterocycles. The largest absolute Gasteiger partial charge is 0.394 e. The summed E-state index contributed by atoms with van der Waals surface area (Å²) in [7, 11) is 0. The summed E-state index contributed by atoms with van der Waals surface area (Å²) in [4.78, 5) is 11.9. The lowest BCUT2D eigenvalue weighted by Gasteiger charge is -2.26. The molecule has 0 bridgehead atoms. The second kappa shape index (κ2) is 8.51. The van der Waals surface area contributed by atoms with Gasteiger partial charge in [0.1, 0.15) is 0 Å². The summed E-state index contributed by atoms with van der Waals surface area (Å²) < 4.78 is 8.34. The summed E-state index contributed by atoms with van der Waals surface area (Å²) in [5, 5.41) is 17.3. The van der Waals surface area contributed by atoms with Crippen molar-refractivity contribution in [3.8, 4) is 0 Å². The molecule has 1 aromatic carbocycles. The Morgan fingerprint density at radius 3 is 2.81 bits per heavy atom. The minimum atomic E-state index is -0.598. The molecule has 3 aromatic rings. The van der Waals surface area contributed by atoms with Crippen LogP contribution >= 0.6 is 15.9 Å². The van der Waals surface area contributed by atoms with Crippen LogP contribution in [0.4, 0.5) is 5.69 Å². The van der Waals surface area contributed by atoms with Crippen molar-refractivity contribution in [2.45, 2.75) is 25.7 Å². The van der Waals surface area contributed by atoms with Crippen molar-refractivity contribution < 1.29 is 14.6 Å². The minimum Gasteiger partial charge on any atom is -0.394 e. The van der Waals surface area contributed by atoms with Crippen molar-refractivity contribution in [1.82, 2.24) is 9.61 Å². The minimum absolute atomic E-state index is 0.176. The van der Waals surface area contributed by atoms with E-state index in [1.807, 2.05) is 43.3 Å². The fourth-order valence-electron chi connectivity index (χ4n) is 2.78. The van der Waals surface area contributed by atoms with Gasteiger partial charge >= 0.3 is 0 Å². The molecule has 0 radical (unpaired) electrons. The lowest BCUT2D eigenvalue weighted by atomic mass is 10.1. The number of aromatic nitrogens is 2. The van der Waals surface area contributed by atoms with Gasteiger partial charge in [0.15, 0.2) is 0 Å². The molecule has 0 saturated carbocycles. The van der Waals surface area contributed by atoms with Gasteiger partial charge in [0.2, 0.25) is 0 Å². The van der Waals surface area contributed by atoms with E-state index in [1.54, 1.807) is 10.7 Å². The molecule has 27 heavy (non-hydrogen) atoms. The number of benzene rings is 1. The molecule has 8 heteroatoms. The van der Waals surface area contributed by atoms with Gasteiger partial charge in [-0.05, 0) is 34.5 Å². The van der Waals surface area contributed by atoms with E-state index in [0.717, 1.165) is 10.0 Å². The Balaban J connectivity index is 1.82. The average molecular weight is 433 g/mol. The van der Waals surface area contributed by atoms with Gasteiger partial charge in [-0.1, -0.05) is 30.3 Å². The Morgan fingerprint density at radius 2 is 2.15 bits per heavy atom. The average Bonchev–Trinajstić information content (AvgIpc) is 3.05. The first-order valence-corrected chi connectivity index (χ1v) is 9.28. The smallest absolute Gasteiger partial charge is 0.252 e. The van der Waals surface area contributed by atoms with Gasteiger partial charge in [0, 0.05) is 10.7 Å². The third-order valence-electron chi connectivity index (χ3n) is 4.32. The topological polar surface area (TPSA) is 102 Å². The van der Waals surface area contributed by atoms with Crippen LogP contribution in [0.25, 0.3) is 5.52 Å². The van der Waals surface area contributed by atoms with Gasteiger partial charge < -0.3 is 20.9 Å². The van der Waals surface area contributed by atoms with Gasteiger partial charge in [-0.2, -0.15) is 5.10 Å². The fraction of sp³-hybridized carbons (Fsp3) is 0.263. The first kappa shape index (κ1) is 19.3. The number of hydrogen-bond acceptors (Lipinski definition) is 5. The first-order valence-electron chi connectivity index (χ1n) is 8.49. The Kier molecular flexibility index (Phi) is 6.10. The van der Waals surface area contributed by atoms with Crippen molar-refractivity contribution in [3.63, 3.8) is 0 Å². The monoisotopic (exact) mass is 432 g/mol. The maximum Gasteiger partial charge on any atom is 0.252 e. The van der Waals surface area contributed by atoms with Gasteiger partial charge in [-0.25, -0.2) is 4.52 Å². The number of hydrogen-bond donors (Lipinski definition) is 3. The molecule has 0 aliphatic carbocycles. The number of nitrogens with one attached hydrogen (secondary N) is 1. The van der Waals surface area contributed by atoms with E-state index in [1.165, 1.54) is 6.20 Å². The maximum atomic E-state index is 11.9. The van der Waals surface area contributed by atoms with Crippen LogP contribution in [0, 0.1) is 0 Å². The number of fused-ring (bicyclic) bond motifs is 1. The molecule has 0 aliphatic rings. The second-order valence-electron chi connectivity index (χ2n) is 6.22. The lowest BCUT2D eigenvalue weighted by Crippen LogP contribution is -2.37. The van der Waals surface area contributed by atoms with Crippen LogP contribution in [0.5, 0.6) is 0 Å². The normalized spacial score (nSPS) is 13.4. The summed E-state index contributed by atoms with van der Waals surface area (Å²) in [6.45, 7) is 2.11. The number of amides is 1. The third-order valence-corrected chi connectivity index (χ3v) is 4.75. The van der Waals surface area contributed by atoms with E-state index in [-0.39, 0.29) is 18.3 Å². The molecule has 7 nitrogen and oxygen atoms in total. The van der Waals surface area contributed by atoms with E-state index >= 15 is 0 Å². The van der Waals surface area contributed by atoms with Crippen LogP contribution in [-0.4, -0.2) is 39.4 Å². The van der Waals surface area contributed by atoms with Crippen molar-refractivity contribution in [2.24, 2.45) is 5.73 Å². The highest BCUT2D eigenvalue weighted by molar-refractivity contribution is 9.10. The summed E-state index contributed by atoms with van der Waals surface area (Å²) in [6.07, 6.45) is 2.87. The number of anilines is 1. The number of carbonyl (C=O) groups is 1. The highest BCUT2D eigenvalue weighted by Crippen LogP contribution is 2.26. The van der Waals surface area contributed by atoms with Crippen LogP contribution < -0.4 is 11.1 Å². The highest BCUT2D eigenvalue weighted by atomic mass is 79.9. The van der Waals surface area contributed by atoms with Crippen molar-refractivity contribution in [3.05, 3.63) is 64.4 Å². The number of ether oxygens (including phenoxy) is 1. The van der Waals surface area contributed by atoms with E-state index in [0.29, 0.717) is 17.8 Å². The lowest BCUT2D eigenvalue weighted by molar-refractivity contribution is 0.0276. The zero-order valence-corrected chi connectivity index (χ0v) is 16.4. The number of carbonyl (C=O) groups excluding carboxylic acids is 1. The number of nitrogens with zero attached hydrogens (tertiary/aromatic N) is 2. The maximum absolute atomic E-state index is 11.9. The zero-order valence-electron chi connectivity index (χ0n) is 14.8. The molecule has 0 fully saturated rings. The van der Waals surface area contributed by atoms with E-state index in [4.69, 9.17) is 10.5 Å². The van der Waals surface area contributed by atoms with Crippen LogP contribution in [0.3, 0.4) is 0 Å². The number of nitrogens with two attached hydrogens (primary N) is 1. The zero-order chi connectivity index (χ0) is 19.4. The molecule has 0 aliphatic heterocycles. The van der Waals surface area contributed by atoms with Crippen LogP contribution in [0.1, 0.15) is 22.8 Å². The summed E-state index contributed by atoms with van der Waals surface area (Å²) >= 11 is 3.40. The number of halogens is 1. The number of aliphatic hydroxyl groups is 1. The highest BCUT2D eigenvalue weighted by Gasteiger charge is 2.22. The summed E-state index contributed by atoms with van der Waals surface area (Å²) in [5.74, 6) is -0.598. The third kappa shape index (κ3) is 4.47. The molecule has 2 aromatic heterocycles. The number of rotatable bonds is 8. The van der Waals surface area contributed by atoms with Gasteiger partial charge in [0.05, 0.1) is 48.3 Å². The van der Waals surface area contributed by atoms with Crippen molar-refractivity contribution in [2.75, 3.05) is 11.9 Å². The number of primary amides is 1. The van der Waals surface area contributed by atoms with Crippen LogP contribution in [0.15, 0.2) is 53.3 Å². The molecular weight excluding hydrogens is 412 g/mol. The van der Waals surface area contributed by atoms with Crippen LogP contribution in [-0.2, 0) is 11.3 Å². The Labute approximate surface area is 165 Å². The Morgan fingerprint density at radius 1 is 1.41 bits per heavy atom. The van der Waals surface area contributed by atoms with E-state index in [2.05, 4.69) is 26.3 Å². The van der Waals surface area contributed by atoms with E-state index in [9.17, 15) is 9.90 Å². The molecule has 0 unspecified atom stereocenters. The molecule has 0 saturated heterocycles. The Bertz CT molecular complexity index is 929. The fourth-order valence-corrected chi connectivity index (χ4v) is 3.19.